The van der Waals surface area contributed by atoms with Crippen LogP contribution in [-0.4, -0.2) is 23.9 Å². The van der Waals surface area contributed by atoms with Gasteiger partial charge in [-0.3, -0.25) is 9.59 Å². The summed E-state index contributed by atoms with van der Waals surface area (Å²) in [7, 11) is 0. The number of nitrogens with zero attached hydrogens (tertiary/aromatic N) is 5. The third kappa shape index (κ3) is 1.59. The Morgan fingerprint density at radius 2 is 1.90 bits per heavy atom. The molecule has 21 heavy (non-hydrogen) atoms. The lowest BCUT2D eigenvalue weighted by Crippen LogP contribution is -2.57. The van der Waals surface area contributed by atoms with Crippen LogP contribution in [0.25, 0.3) is 0 Å². The number of benzene rings is 1. The van der Waals surface area contributed by atoms with Gasteiger partial charge in [-0.2, -0.15) is 0 Å². The fourth-order valence-electron chi connectivity index (χ4n) is 2.85. The second kappa shape index (κ2) is 4.52. The van der Waals surface area contributed by atoms with Crippen molar-refractivity contribution in [1.82, 2.24) is 9.82 Å². The number of hydrogen-bond donors (Lipinski definition) is 2. The maximum Gasteiger partial charge on any atom is 0.451 e. The monoisotopic (exact) mass is 285 g/mol. The molecule has 0 spiro atoms. The summed E-state index contributed by atoms with van der Waals surface area (Å²) in [6, 6.07) is 5.18. The summed E-state index contributed by atoms with van der Waals surface area (Å²) in [4.78, 5) is 32.3. The van der Waals surface area contributed by atoms with Gasteiger partial charge in [0, 0.05) is 12.1 Å². The Morgan fingerprint density at radius 3 is 2.57 bits per heavy atom. The summed E-state index contributed by atoms with van der Waals surface area (Å²) in [5, 5.41) is 6.78. The zero-order valence-electron chi connectivity index (χ0n) is 10.9. The second-order valence-corrected chi connectivity index (χ2v) is 4.77. The molecule has 0 saturated carbocycles. The van der Waals surface area contributed by atoms with Gasteiger partial charge in [0.05, 0.1) is 5.69 Å². The first kappa shape index (κ1) is 13.0. The van der Waals surface area contributed by atoms with Gasteiger partial charge in [0.25, 0.3) is 0 Å². The van der Waals surface area contributed by atoms with E-state index in [1.165, 1.54) is 4.90 Å². The number of anilines is 1. The van der Waals surface area contributed by atoms with Crippen molar-refractivity contribution in [1.29, 1.82) is 11.1 Å². The number of carbonyl (C=O) groups excluding carboxylic acids is 2. The van der Waals surface area contributed by atoms with Crippen molar-refractivity contribution in [3.63, 3.8) is 0 Å². The molecule has 0 aliphatic carbocycles. The van der Waals surface area contributed by atoms with Gasteiger partial charge in [0.2, 0.25) is 15.6 Å². The van der Waals surface area contributed by atoms with E-state index in [0.717, 1.165) is 18.4 Å². The lowest BCUT2D eigenvalue weighted by Gasteiger charge is -2.36. The third-order valence-electron chi connectivity index (χ3n) is 3.71. The fourth-order valence-corrected chi connectivity index (χ4v) is 2.85. The molecule has 2 N–H and O–H groups in total. The Hall–Kier alpha value is -3.02. The first-order valence-corrected chi connectivity index (χ1v) is 6.31. The molecule has 9 heteroatoms. The lowest BCUT2D eigenvalue weighted by atomic mass is 9.86. The lowest BCUT2D eigenvalue weighted by molar-refractivity contribution is -0.122. The maximum absolute atomic E-state index is 12.6. The quantitative estimate of drug-likeness (QED) is 0.475. The minimum atomic E-state index is -2.27. The highest BCUT2D eigenvalue weighted by atomic mass is 16.2. The molecule has 0 fully saturated rings. The molecule has 2 aliphatic heterocycles. The van der Waals surface area contributed by atoms with E-state index in [9.17, 15) is 9.59 Å². The van der Waals surface area contributed by atoms with Crippen LogP contribution in [0.4, 0.5) is 5.69 Å². The molecular weight excluding hydrogens is 274 g/mol. The molecule has 2 heterocycles. The highest BCUT2D eigenvalue weighted by Crippen LogP contribution is 2.40. The van der Waals surface area contributed by atoms with Crippen molar-refractivity contribution in [3.8, 4) is 0 Å². The number of Topliss-reactive ketones (excluding diaryl/α,β-unsaturated/α-hetero) is 1. The zero-order chi connectivity index (χ0) is 15.0. The van der Waals surface area contributed by atoms with Crippen molar-refractivity contribution in [2.24, 2.45) is 10.2 Å². The van der Waals surface area contributed by atoms with E-state index < -0.39 is 17.4 Å². The second-order valence-electron chi connectivity index (χ2n) is 4.77. The van der Waals surface area contributed by atoms with Crippen LogP contribution in [0, 0.1) is 11.1 Å². The normalized spacial score (nSPS) is 23.0. The van der Waals surface area contributed by atoms with Crippen LogP contribution in [0.3, 0.4) is 0 Å². The van der Waals surface area contributed by atoms with E-state index in [-0.39, 0.29) is 0 Å². The highest BCUT2D eigenvalue weighted by Gasteiger charge is 2.64. The maximum atomic E-state index is 12.6. The van der Waals surface area contributed by atoms with Crippen LogP contribution in [0.15, 0.2) is 28.4 Å². The third-order valence-corrected chi connectivity index (χ3v) is 3.71. The number of amides is 1. The highest BCUT2D eigenvalue weighted by molar-refractivity contribution is 6.28. The van der Waals surface area contributed by atoms with E-state index in [1.54, 1.807) is 12.1 Å². The molecule has 1 aromatic carbocycles. The Bertz CT molecular complexity index is 741. The summed E-state index contributed by atoms with van der Waals surface area (Å²) >= 11 is 0. The molecule has 0 bridgehead atoms. The molecule has 1 amide bonds. The molecule has 9 nitrogen and oxygen atoms in total. The van der Waals surface area contributed by atoms with Crippen LogP contribution in [0.2, 0.25) is 0 Å². The van der Waals surface area contributed by atoms with Crippen LogP contribution < -0.4 is 14.7 Å². The molecule has 3 rings (SSSR count). The van der Waals surface area contributed by atoms with E-state index in [1.807, 2.05) is 6.07 Å². The van der Waals surface area contributed by atoms with Gasteiger partial charge in [0.1, 0.15) is 11.1 Å². The van der Waals surface area contributed by atoms with Crippen LogP contribution in [0.5, 0.6) is 0 Å². The Balaban J connectivity index is 2.35. The first-order valence-electron chi connectivity index (χ1n) is 6.31. The van der Waals surface area contributed by atoms with Crippen molar-refractivity contribution < 1.29 is 9.59 Å². The number of ketones is 1. The predicted octanol–water partition coefficient (Wildman–Crippen LogP) is 0.959. The van der Waals surface area contributed by atoms with E-state index in [0.29, 0.717) is 17.8 Å². The fraction of sp³-hybridized carbons (Fsp3) is 0.333. The molecule has 2 aliphatic rings. The summed E-state index contributed by atoms with van der Waals surface area (Å²) in [6.45, 7) is 0.429. The molecule has 0 radical (unpaired) electrons. The molecule has 104 valence electrons. The number of para-hydroxylation sites is 1. The number of nitrogens with one attached hydrogen (secondary N) is 2. The van der Waals surface area contributed by atoms with Crippen LogP contribution in [0.1, 0.15) is 22.3 Å². The molecular formula is C12H11N7O2+2. The topological polar surface area (TPSA) is 138 Å². The van der Waals surface area contributed by atoms with Gasteiger partial charge in [-0.1, -0.05) is 12.1 Å². The van der Waals surface area contributed by atoms with E-state index in [2.05, 4.69) is 20.1 Å². The number of aryl methyl sites for hydroxylation is 1. The van der Waals surface area contributed by atoms with Crippen molar-refractivity contribution >= 4 is 17.4 Å². The Morgan fingerprint density at radius 1 is 1.19 bits per heavy atom. The standard InChI is InChI=1S/C12H11N7O2/c13-17-15-12(16-18-14)10(20)8-5-1-3-7-4-2-6-19(9(7)8)11(12)21/h1,3,5,13-14H,2,4,6H2/q+2. The smallest absolute Gasteiger partial charge is 0.307 e. The summed E-state index contributed by atoms with van der Waals surface area (Å²) < 4.78 is 0. The molecule has 0 atom stereocenters. The van der Waals surface area contributed by atoms with E-state index in [4.69, 9.17) is 11.1 Å². The van der Waals surface area contributed by atoms with Crippen molar-refractivity contribution in [2.75, 3.05) is 11.4 Å². The van der Waals surface area contributed by atoms with Crippen LogP contribution >= 0.6 is 0 Å². The summed E-state index contributed by atoms with van der Waals surface area (Å²) in [5.74, 6) is -1.41. The SMILES string of the molecule is N=[N+]=NC1(N=[N+]=N)C(=O)c2cccc3c2N(CCC3)C1=O. The van der Waals surface area contributed by atoms with E-state index >= 15 is 0 Å². The van der Waals surface area contributed by atoms with Gasteiger partial charge in [-0.25, -0.2) is 0 Å². The average Bonchev–Trinajstić information content (AvgIpc) is 2.51. The van der Waals surface area contributed by atoms with Crippen molar-refractivity contribution in [2.45, 2.75) is 18.5 Å². The zero-order valence-corrected chi connectivity index (χ0v) is 10.9. The molecule has 0 aromatic heterocycles. The Kier molecular flexibility index (Phi) is 2.79. The first-order chi connectivity index (χ1) is 10.2. The van der Waals surface area contributed by atoms with Crippen LogP contribution in [-0.2, 0) is 11.2 Å². The number of carbonyl (C=O) groups is 2. The van der Waals surface area contributed by atoms with Gasteiger partial charge < -0.3 is 4.90 Å². The molecule has 1 aromatic rings. The molecule has 0 saturated heterocycles. The van der Waals surface area contributed by atoms with Gasteiger partial charge >= 0.3 is 11.6 Å². The number of hydrogen-bond acceptors (Lipinski definition) is 6. The number of rotatable bonds is 2. The van der Waals surface area contributed by atoms with Crippen molar-refractivity contribution in [3.05, 3.63) is 29.3 Å². The summed E-state index contributed by atoms with van der Waals surface area (Å²) in [5.41, 5.74) is 13.2. The van der Waals surface area contributed by atoms with Gasteiger partial charge in [-0.05, 0) is 24.5 Å². The predicted molar refractivity (Wildman–Crippen MR) is 68.7 cm³/mol. The Labute approximate surface area is 118 Å². The minimum Gasteiger partial charge on any atom is -0.307 e. The molecule has 0 unspecified atom stereocenters. The van der Waals surface area contributed by atoms with Gasteiger partial charge in [0.15, 0.2) is 10.2 Å². The van der Waals surface area contributed by atoms with Gasteiger partial charge in [-0.15, -0.1) is 0 Å². The minimum absolute atomic E-state index is 0.298. The summed E-state index contributed by atoms with van der Waals surface area (Å²) in [6.07, 6.45) is 1.54. The largest absolute Gasteiger partial charge is 0.451 e. The average molecular weight is 285 g/mol.